The Morgan fingerprint density at radius 2 is 1.62 bits per heavy atom. The first-order chi connectivity index (χ1) is 14.0. The van der Waals surface area contributed by atoms with Crippen LogP contribution >= 0.6 is 0 Å². The number of nitrogens with one attached hydrogen (secondary N) is 1. The minimum absolute atomic E-state index is 0.133. The van der Waals surface area contributed by atoms with Crippen molar-refractivity contribution in [1.82, 2.24) is 4.98 Å². The third-order valence-electron chi connectivity index (χ3n) is 5.08. The lowest BCUT2D eigenvalue weighted by atomic mass is 10.1. The van der Waals surface area contributed by atoms with Gasteiger partial charge < -0.3 is 9.88 Å². The lowest BCUT2D eigenvalue weighted by molar-refractivity contribution is 0.0985. The van der Waals surface area contributed by atoms with Gasteiger partial charge in [0.05, 0.1) is 6.54 Å². The Morgan fingerprint density at radius 3 is 2.41 bits per heavy atom. The molecule has 4 nitrogen and oxygen atoms in total. The Balaban J connectivity index is 1.83. The average molecular weight is 382 g/mol. The van der Waals surface area contributed by atoms with Gasteiger partial charge in [-0.25, -0.2) is 0 Å². The maximum atomic E-state index is 13.4. The number of hydrogen-bond donors (Lipinski definition) is 1. The molecule has 4 rings (SSSR count). The number of carbonyl (C=O) groups is 1. The molecule has 0 fully saturated rings. The molecule has 1 amide bonds. The summed E-state index contributed by atoms with van der Waals surface area (Å²) < 4.78 is 0. The van der Waals surface area contributed by atoms with Crippen LogP contribution in [-0.2, 0) is 6.54 Å². The molecule has 0 aliphatic carbocycles. The first kappa shape index (κ1) is 18.7. The van der Waals surface area contributed by atoms with Crippen LogP contribution in [-0.4, -0.2) is 10.9 Å². The van der Waals surface area contributed by atoms with E-state index in [9.17, 15) is 9.59 Å². The molecule has 1 N–H and O–H groups in total. The number of pyridine rings is 1. The second-order valence-corrected chi connectivity index (χ2v) is 7.26. The first-order valence-corrected chi connectivity index (χ1v) is 9.58. The molecule has 0 aliphatic heterocycles. The van der Waals surface area contributed by atoms with Crippen LogP contribution in [0.2, 0.25) is 0 Å². The zero-order valence-corrected chi connectivity index (χ0v) is 16.5. The number of aromatic nitrogens is 1. The van der Waals surface area contributed by atoms with E-state index in [-0.39, 0.29) is 18.0 Å². The molecule has 0 radical (unpaired) electrons. The smallest absolute Gasteiger partial charge is 0.258 e. The van der Waals surface area contributed by atoms with Crippen LogP contribution in [0.1, 0.15) is 27.0 Å². The predicted octanol–water partition coefficient (Wildman–Crippen LogP) is 4.99. The molecule has 0 spiro atoms. The molecule has 29 heavy (non-hydrogen) atoms. The maximum absolute atomic E-state index is 13.4. The van der Waals surface area contributed by atoms with Gasteiger partial charge >= 0.3 is 0 Å². The minimum Gasteiger partial charge on any atom is -0.322 e. The predicted molar refractivity (Wildman–Crippen MR) is 117 cm³/mol. The summed E-state index contributed by atoms with van der Waals surface area (Å²) in [5.41, 5.74) is 4.60. The number of benzene rings is 3. The highest BCUT2D eigenvalue weighted by atomic mass is 16.2. The van der Waals surface area contributed by atoms with Crippen LogP contribution in [0.25, 0.3) is 10.9 Å². The number of fused-ring (bicyclic) bond motifs is 1. The largest absolute Gasteiger partial charge is 0.322 e. The van der Waals surface area contributed by atoms with E-state index in [1.807, 2.05) is 80.6 Å². The molecule has 0 bridgehead atoms. The summed E-state index contributed by atoms with van der Waals surface area (Å²) in [6, 6.07) is 24.7. The van der Waals surface area contributed by atoms with Crippen molar-refractivity contribution in [3.05, 3.63) is 111 Å². The number of para-hydroxylation sites is 1. The number of aromatic amines is 1. The summed E-state index contributed by atoms with van der Waals surface area (Å²) in [6.45, 7) is 4.17. The number of rotatable bonds is 4. The Labute approximate surface area is 169 Å². The molecule has 144 valence electrons. The normalized spacial score (nSPS) is 10.8. The minimum atomic E-state index is -0.181. The van der Waals surface area contributed by atoms with E-state index in [0.29, 0.717) is 11.1 Å². The van der Waals surface area contributed by atoms with Crippen molar-refractivity contribution < 1.29 is 4.79 Å². The van der Waals surface area contributed by atoms with Crippen LogP contribution < -0.4 is 10.5 Å². The Hall–Kier alpha value is -3.66. The molecule has 4 heteroatoms. The second kappa shape index (κ2) is 7.76. The Bertz CT molecular complexity index is 1240. The molecule has 0 atom stereocenters. The van der Waals surface area contributed by atoms with Gasteiger partial charge in [0.1, 0.15) is 0 Å². The topological polar surface area (TPSA) is 53.2 Å². The molecule has 1 heterocycles. The average Bonchev–Trinajstić information content (AvgIpc) is 2.74. The van der Waals surface area contributed by atoms with Gasteiger partial charge in [0.15, 0.2) is 0 Å². The standard InChI is InChI=1S/C25H22N2O2/c1-17-12-13-18(2)23(14-17)27(25(29)19-8-4-3-5-9-19)16-21-15-20-10-6-7-11-22(20)26-24(21)28/h3-15H,16H2,1-2H3,(H,26,28). The number of nitrogens with zero attached hydrogens (tertiary/aromatic N) is 1. The maximum Gasteiger partial charge on any atom is 0.258 e. The highest BCUT2D eigenvalue weighted by molar-refractivity contribution is 6.06. The Morgan fingerprint density at radius 1 is 0.897 bits per heavy atom. The number of anilines is 1. The van der Waals surface area contributed by atoms with Gasteiger partial charge in [0.2, 0.25) is 0 Å². The summed E-state index contributed by atoms with van der Waals surface area (Å²) >= 11 is 0. The molecular formula is C25H22N2O2. The molecule has 4 aromatic rings. The van der Waals surface area contributed by atoms with Crippen LogP contribution in [0.15, 0.2) is 83.7 Å². The van der Waals surface area contributed by atoms with Crippen molar-refractivity contribution in [3.8, 4) is 0 Å². The van der Waals surface area contributed by atoms with Crippen molar-refractivity contribution in [2.45, 2.75) is 20.4 Å². The van der Waals surface area contributed by atoms with Crippen LogP contribution in [0.3, 0.4) is 0 Å². The molecule has 1 aromatic heterocycles. The molecule has 0 saturated heterocycles. The number of H-pyrrole nitrogens is 1. The van der Waals surface area contributed by atoms with Gasteiger partial charge in [0.25, 0.3) is 11.5 Å². The summed E-state index contributed by atoms with van der Waals surface area (Å²) in [7, 11) is 0. The van der Waals surface area contributed by atoms with Gasteiger partial charge in [0, 0.05) is 22.3 Å². The molecule has 3 aromatic carbocycles. The van der Waals surface area contributed by atoms with Gasteiger partial charge in [-0.3, -0.25) is 9.59 Å². The number of amides is 1. The second-order valence-electron chi connectivity index (χ2n) is 7.26. The Kier molecular flexibility index (Phi) is 5.00. The zero-order valence-electron chi connectivity index (χ0n) is 16.5. The summed E-state index contributed by atoms with van der Waals surface area (Å²) in [5.74, 6) is -0.133. The van der Waals surface area contributed by atoms with E-state index in [2.05, 4.69) is 4.98 Å². The molecular weight excluding hydrogens is 360 g/mol. The van der Waals surface area contributed by atoms with E-state index >= 15 is 0 Å². The number of carbonyl (C=O) groups excluding carboxylic acids is 1. The van der Waals surface area contributed by atoms with Crippen LogP contribution in [0, 0.1) is 13.8 Å². The summed E-state index contributed by atoms with van der Waals surface area (Å²) in [4.78, 5) is 30.7. The fourth-order valence-corrected chi connectivity index (χ4v) is 3.49. The van der Waals surface area contributed by atoms with Crippen molar-refractivity contribution >= 4 is 22.5 Å². The molecule has 0 unspecified atom stereocenters. The van der Waals surface area contributed by atoms with E-state index in [1.54, 1.807) is 17.0 Å². The lowest BCUT2D eigenvalue weighted by Crippen LogP contribution is -2.33. The summed E-state index contributed by atoms with van der Waals surface area (Å²) in [6.07, 6.45) is 0. The number of hydrogen-bond acceptors (Lipinski definition) is 2. The highest BCUT2D eigenvalue weighted by Gasteiger charge is 2.21. The first-order valence-electron chi connectivity index (χ1n) is 9.58. The monoisotopic (exact) mass is 382 g/mol. The van der Waals surface area contributed by atoms with Crippen molar-refractivity contribution in [3.63, 3.8) is 0 Å². The van der Waals surface area contributed by atoms with Crippen molar-refractivity contribution in [2.75, 3.05) is 4.90 Å². The van der Waals surface area contributed by atoms with Crippen LogP contribution in [0.4, 0.5) is 5.69 Å². The van der Waals surface area contributed by atoms with Crippen molar-refractivity contribution in [1.29, 1.82) is 0 Å². The van der Waals surface area contributed by atoms with Crippen molar-refractivity contribution in [2.24, 2.45) is 0 Å². The fourth-order valence-electron chi connectivity index (χ4n) is 3.49. The van der Waals surface area contributed by atoms with E-state index < -0.39 is 0 Å². The third-order valence-corrected chi connectivity index (χ3v) is 5.08. The fraction of sp³-hybridized carbons (Fsp3) is 0.120. The van der Waals surface area contributed by atoms with Crippen LogP contribution in [0.5, 0.6) is 0 Å². The SMILES string of the molecule is Cc1ccc(C)c(N(Cc2cc3ccccc3[nH]c2=O)C(=O)c2ccccc2)c1. The summed E-state index contributed by atoms with van der Waals surface area (Å²) in [5, 5.41) is 0.940. The molecule has 0 aliphatic rings. The molecule has 0 saturated carbocycles. The van der Waals surface area contributed by atoms with E-state index in [1.165, 1.54) is 0 Å². The quantitative estimate of drug-likeness (QED) is 0.540. The van der Waals surface area contributed by atoms with Gasteiger partial charge in [-0.15, -0.1) is 0 Å². The van der Waals surface area contributed by atoms with Gasteiger partial charge in [-0.2, -0.15) is 0 Å². The zero-order chi connectivity index (χ0) is 20.4. The number of aryl methyl sites for hydroxylation is 2. The third kappa shape index (κ3) is 3.83. The van der Waals surface area contributed by atoms with Gasteiger partial charge in [-0.05, 0) is 60.7 Å². The van der Waals surface area contributed by atoms with Gasteiger partial charge in [-0.1, -0.05) is 48.5 Å². The lowest BCUT2D eigenvalue weighted by Gasteiger charge is -2.25. The van der Waals surface area contributed by atoms with E-state index in [4.69, 9.17) is 0 Å². The highest BCUT2D eigenvalue weighted by Crippen LogP contribution is 2.25. The van der Waals surface area contributed by atoms with E-state index in [0.717, 1.165) is 27.7 Å².